The van der Waals surface area contributed by atoms with Crippen molar-refractivity contribution in [3.05, 3.63) is 36.1 Å². The minimum atomic E-state index is -0.140. The minimum Gasteiger partial charge on any atom is -0.464 e. The van der Waals surface area contributed by atoms with E-state index in [4.69, 9.17) is 9.15 Å². The summed E-state index contributed by atoms with van der Waals surface area (Å²) in [6.45, 7) is 3.07. The quantitative estimate of drug-likeness (QED) is 0.786. The van der Waals surface area contributed by atoms with Gasteiger partial charge in [0.25, 0.3) is 5.91 Å². The molecule has 0 spiro atoms. The molecule has 1 aromatic heterocycles. The van der Waals surface area contributed by atoms with Gasteiger partial charge in [-0.3, -0.25) is 14.5 Å². The molecule has 2 fully saturated rings. The Morgan fingerprint density at radius 1 is 1.13 bits per heavy atom. The van der Waals surface area contributed by atoms with Gasteiger partial charge in [0.15, 0.2) is 5.76 Å². The second-order valence-corrected chi connectivity index (χ2v) is 5.95. The summed E-state index contributed by atoms with van der Waals surface area (Å²) in [5.41, 5.74) is 0.725. The van der Waals surface area contributed by atoms with E-state index in [2.05, 4.69) is 4.90 Å². The molecule has 0 unspecified atom stereocenters. The fraction of sp³-hybridized carbons (Fsp3) is 0.412. The zero-order valence-electron chi connectivity index (χ0n) is 12.7. The van der Waals surface area contributed by atoms with E-state index in [-0.39, 0.29) is 17.9 Å². The molecule has 1 atom stereocenters. The summed E-state index contributed by atoms with van der Waals surface area (Å²) in [4.78, 5) is 28.1. The van der Waals surface area contributed by atoms with Gasteiger partial charge in [-0.25, -0.2) is 0 Å². The van der Waals surface area contributed by atoms with Crippen LogP contribution in [0.1, 0.15) is 17.0 Å². The first-order chi connectivity index (χ1) is 11.2. The lowest BCUT2D eigenvalue weighted by Crippen LogP contribution is -2.53. The monoisotopic (exact) mass is 314 g/mol. The van der Waals surface area contributed by atoms with Gasteiger partial charge in [0.2, 0.25) is 0 Å². The van der Waals surface area contributed by atoms with Gasteiger partial charge in [-0.05, 0) is 12.1 Å². The number of esters is 1. The van der Waals surface area contributed by atoms with Crippen LogP contribution in [-0.4, -0.2) is 60.5 Å². The van der Waals surface area contributed by atoms with E-state index in [0.29, 0.717) is 38.5 Å². The lowest BCUT2D eigenvalue weighted by Gasteiger charge is -2.36. The second-order valence-electron chi connectivity index (χ2n) is 5.95. The number of carbonyl (C=O) groups excluding carboxylic acids is 2. The van der Waals surface area contributed by atoms with Crippen molar-refractivity contribution in [2.24, 2.45) is 0 Å². The molecule has 0 N–H and O–H groups in total. The van der Waals surface area contributed by atoms with Crippen LogP contribution >= 0.6 is 0 Å². The molecule has 0 radical (unpaired) electrons. The normalized spacial score (nSPS) is 22.5. The van der Waals surface area contributed by atoms with Gasteiger partial charge >= 0.3 is 5.97 Å². The molecule has 6 nitrogen and oxygen atoms in total. The maximum atomic E-state index is 12.6. The number of cyclic esters (lactones) is 1. The summed E-state index contributed by atoms with van der Waals surface area (Å²) in [6, 6.07) is 9.25. The van der Waals surface area contributed by atoms with Crippen LogP contribution in [-0.2, 0) is 9.53 Å². The summed E-state index contributed by atoms with van der Waals surface area (Å²) >= 11 is 0. The molecule has 0 aliphatic carbocycles. The van der Waals surface area contributed by atoms with E-state index in [9.17, 15) is 9.59 Å². The Hall–Kier alpha value is -2.34. The van der Waals surface area contributed by atoms with Crippen LogP contribution in [0.25, 0.3) is 11.0 Å². The van der Waals surface area contributed by atoms with Crippen LogP contribution in [0.2, 0.25) is 0 Å². The molecule has 4 rings (SSSR count). The highest BCUT2D eigenvalue weighted by Crippen LogP contribution is 2.21. The highest BCUT2D eigenvalue weighted by atomic mass is 16.5. The molecule has 0 bridgehead atoms. The first kappa shape index (κ1) is 14.3. The summed E-state index contributed by atoms with van der Waals surface area (Å²) in [5, 5.41) is 0.934. The van der Waals surface area contributed by atoms with Crippen molar-refractivity contribution in [3.8, 4) is 0 Å². The third kappa shape index (κ3) is 2.59. The van der Waals surface area contributed by atoms with E-state index in [1.807, 2.05) is 24.3 Å². The van der Waals surface area contributed by atoms with E-state index < -0.39 is 0 Å². The Labute approximate surface area is 133 Å². The SMILES string of the molecule is O=C1OCC[C@H]1N1CCN(C(=O)c2cc3ccccc3o2)CC1. The molecular weight excluding hydrogens is 296 g/mol. The number of hydrogen-bond donors (Lipinski definition) is 0. The maximum absolute atomic E-state index is 12.6. The highest BCUT2D eigenvalue weighted by Gasteiger charge is 2.35. The van der Waals surface area contributed by atoms with Crippen LogP contribution in [0.5, 0.6) is 0 Å². The van der Waals surface area contributed by atoms with Gasteiger partial charge in [-0.1, -0.05) is 18.2 Å². The predicted octanol–water partition coefficient (Wildman–Crippen LogP) is 1.51. The van der Waals surface area contributed by atoms with Crippen molar-refractivity contribution >= 4 is 22.8 Å². The molecule has 2 saturated heterocycles. The lowest BCUT2D eigenvalue weighted by atomic mass is 10.1. The predicted molar refractivity (Wildman–Crippen MR) is 83.1 cm³/mol. The third-order valence-electron chi connectivity index (χ3n) is 4.59. The summed E-state index contributed by atoms with van der Waals surface area (Å²) in [6.07, 6.45) is 0.746. The zero-order chi connectivity index (χ0) is 15.8. The highest BCUT2D eigenvalue weighted by molar-refractivity contribution is 5.96. The standard InChI is InChI=1S/C17H18N2O4/c20-16(15-11-12-3-1-2-4-14(12)23-15)19-8-6-18(7-9-19)13-5-10-22-17(13)21/h1-4,11,13H,5-10H2/t13-/m1/s1. The first-order valence-corrected chi connectivity index (χ1v) is 7.91. The number of fused-ring (bicyclic) bond motifs is 1. The molecule has 2 aromatic rings. The fourth-order valence-electron chi connectivity index (χ4n) is 3.30. The van der Waals surface area contributed by atoms with Crippen LogP contribution in [0.15, 0.2) is 34.7 Å². The van der Waals surface area contributed by atoms with E-state index >= 15 is 0 Å². The van der Waals surface area contributed by atoms with Crippen molar-refractivity contribution in [2.75, 3.05) is 32.8 Å². The molecule has 120 valence electrons. The smallest absolute Gasteiger partial charge is 0.323 e. The van der Waals surface area contributed by atoms with Gasteiger partial charge in [0.1, 0.15) is 11.6 Å². The number of nitrogens with zero attached hydrogens (tertiary/aromatic N) is 2. The van der Waals surface area contributed by atoms with Crippen molar-refractivity contribution in [1.29, 1.82) is 0 Å². The number of rotatable bonds is 2. The van der Waals surface area contributed by atoms with Crippen molar-refractivity contribution in [3.63, 3.8) is 0 Å². The number of hydrogen-bond acceptors (Lipinski definition) is 5. The lowest BCUT2D eigenvalue weighted by molar-refractivity contribution is -0.142. The molecule has 0 saturated carbocycles. The van der Waals surface area contributed by atoms with E-state index in [1.165, 1.54) is 0 Å². The molecule has 1 aromatic carbocycles. The summed E-state index contributed by atoms with van der Waals surface area (Å²) in [5.74, 6) is 0.150. The first-order valence-electron chi connectivity index (χ1n) is 7.91. The number of amides is 1. The average Bonchev–Trinajstić information content (AvgIpc) is 3.20. The molecule has 1 amide bonds. The van der Waals surface area contributed by atoms with Crippen LogP contribution in [0, 0.1) is 0 Å². The number of para-hydroxylation sites is 1. The number of carbonyl (C=O) groups is 2. The topological polar surface area (TPSA) is 63.0 Å². The van der Waals surface area contributed by atoms with Crippen LogP contribution in [0.4, 0.5) is 0 Å². The van der Waals surface area contributed by atoms with Gasteiger partial charge in [-0.15, -0.1) is 0 Å². The van der Waals surface area contributed by atoms with Gasteiger partial charge in [0, 0.05) is 38.0 Å². The van der Waals surface area contributed by atoms with Gasteiger partial charge in [-0.2, -0.15) is 0 Å². The number of ether oxygens (including phenoxy) is 1. The van der Waals surface area contributed by atoms with E-state index in [1.54, 1.807) is 11.0 Å². The number of furan rings is 1. The van der Waals surface area contributed by atoms with Crippen molar-refractivity contribution < 1.29 is 18.7 Å². The van der Waals surface area contributed by atoms with E-state index in [0.717, 1.165) is 17.4 Å². The molecule has 3 heterocycles. The molecule has 2 aliphatic heterocycles. The third-order valence-corrected chi connectivity index (χ3v) is 4.59. The number of piperazine rings is 1. The Morgan fingerprint density at radius 3 is 2.61 bits per heavy atom. The Balaban J connectivity index is 1.43. The van der Waals surface area contributed by atoms with Gasteiger partial charge < -0.3 is 14.1 Å². The summed E-state index contributed by atoms with van der Waals surface area (Å²) < 4.78 is 10.7. The van der Waals surface area contributed by atoms with Crippen LogP contribution < -0.4 is 0 Å². The van der Waals surface area contributed by atoms with Gasteiger partial charge in [0.05, 0.1) is 6.61 Å². The Bertz CT molecular complexity index is 713. The fourth-order valence-corrected chi connectivity index (χ4v) is 3.30. The Kier molecular flexibility index (Phi) is 3.53. The largest absolute Gasteiger partial charge is 0.464 e. The van der Waals surface area contributed by atoms with Crippen molar-refractivity contribution in [2.45, 2.75) is 12.5 Å². The Morgan fingerprint density at radius 2 is 1.91 bits per heavy atom. The maximum Gasteiger partial charge on any atom is 0.323 e. The van der Waals surface area contributed by atoms with Crippen LogP contribution in [0.3, 0.4) is 0 Å². The molecule has 6 heteroatoms. The zero-order valence-corrected chi connectivity index (χ0v) is 12.7. The summed E-state index contributed by atoms with van der Waals surface area (Å²) in [7, 11) is 0. The molecule has 2 aliphatic rings. The molecule has 23 heavy (non-hydrogen) atoms. The minimum absolute atomic E-state index is 0.0881. The second kappa shape index (κ2) is 5.70. The van der Waals surface area contributed by atoms with Crippen molar-refractivity contribution in [1.82, 2.24) is 9.80 Å². The average molecular weight is 314 g/mol. The number of benzene rings is 1. The molecular formula is C17H18N2O4.